The fraction of sp³-hybridized carbons (Fsp3) is 0.433. The van der Waals surface area contributed by atoms with Crippen molar-refractivity contribution in [3.63, 3.8) is 0 Å². The van der Waals surface area contributed by atoms with Gasteiger partial charge in [0.25, 0.3) is 0 Å². The van der Waals surface area contributed by atoms with E-state index < -0.39 is 42.1 Å². The summed E-state index contributed by atoms with van der Waals surface area (Å²) in [5, 5.41) is 5.09. The smallest absolute Gasteiger partial charge is 0.408 e. The Morgan fingerprint density at radius 3 is 2.17 bits per heavy atom. The van der Waals surface area contributed by atoms with Crippen molar-refractivity contribution in [1.82, 2.24) is 10.6 Å². The summed E-state index contributed by atoms with van der Waals surface area (Å²) in [5.41, 5.74) is 1.54. The zero-order valence-electron chi connectivity index (χ0n) is 22.6. The Morgan fingerprint density at radius 1 is 0.925 bits per heavy atom. The molecule has 0 bridgehead atoms. The zero-order chi connectivity index (χ0) is 28.7. The van der Waals surface area contributed by atoms with Gasteiger partial charge in [-0.25, -0.2) is 14.4 Å². The molecule has 3 rings (SSSR count). The van der Waals surface area contributed by atoms with Gasteiger partial charge in [0.05, 0.1) is 0 Å². The first-order valence-electron chi connectivity index (χ1n) is 13.5. The summed E-state index contributed by atoms with van der Waals surface area (Å²) in [4.78, 5) is 62.1. The van der Waals surface area contributed by atoms with Crippen molar-refractivity contribution in [2.75, 3.05) is 0 Å². The Kier molecular flexibility index (Phi) is 12.2. The molecule has 1 unspecified atom stereocenters. The molecule has 0 saturated carbocycles. The number of ether oxygens (including phenoxy) is 3. The van der Waals surface area contributed by atoms with Crippen LogP contribution in [-0.4, -0.2) is 47.9 Å². The third kappa shape index (κ3) is 10.5. The molecular weight excluding hydrogens is 516 g/mol. The molecule has 0 radical (unpaired) electrons. The number of ketones is 1. The summed E-state index contributed by atoms with van der Waals surface area (Å²) in [6.07, 6.45) is 0.790. The van der Waals surface area contributed by atoms with Gasteiger partial charge in [-0.05, 0) is 24.0 Å². The van der Waals surface area contributed by atoms with E-state index >= 15 is 0 Å². The predicted octanol–water partition coefficient (Wildman–Crippen LogP) is 3.75. The topological polar surface area (TPSA) is 137 Å². The van der Waals surface area contributed by atoms with E-state index in [0.29, 0.717) is 6.42 Å². The van der Waals surface area contributed by atoms with E-state index in [1.165, 1.54) is 0 Å². The van der Waals surface area contributed by atoms with Crippen LogP contribution in [0.5, 0.6) is 0 Å². The van der Waals surface area contributed by atoms with Gasteiger partial charge in [-0.15, -0.1) is 0 Å². The van der Waals surface area contributed by atoms with Crippen LogP contribution in [-0.2, 0) is 46.6 Å². The normalized spacial score (nSPS) is 16.9. The molecule has 3 atom stereocenters. The van der Waals surface area contributed by atoms with E-state index in [1.54, 1.807) is 24.3 Å². The van der Waals surface area contributed by atoms with Gasteiger partial charge >= 0.3 is 18.0 Å². The molecule has 0 aromatic heterocycles. The predicted molar refractivity (Wildman–Crippen MR) is 145 cm³/mol. The quantitative estimate of drug-likeness (QED) is 0.252. The van der Waals surface area contributed by atoms with Gasteiger partial charge < -0.3 is 24.8 Å². The maximum atomic E-state index is 12.8. The molecule has 0 spiro atoms. The Bertz CT molecular complexity index is 1140. The lowest BCUT2D eigenvalue weighted by molar-refractivity contribution is -0.148. The molecule has 2 amide bonds. The largest absolute Gasteiger partial charge is 0.460 e. The SMILES string of the molecule is CCCCC(=O)CC1C[C@H](NC(=O)CC[C@H](NC(=O)OCc2ccccc2)C(=O)OCc2ccccc2)C(=O)O1. The maximum Gasteiger partial charge on any atom is 0.408 e. The first-order chi connectivity index (χ1) is 19.3. The highest BCUT2D eigenvalue weighted by atomic mass is 16.6. The van der Waals surface area contributed by atoms with E-state index in [-0.39, 0.29) is 44.7 Å². The van der Waals surface area contributed by atoms with E-state index in [2.05, 4.69) is 10.6 Å². The number of amides is 2. The van der Waals surface area contributed by atoms with Crippen molar-refractivity contribution in [3.05, 3.63) is 71.8 Å². The van der Waals surface area contributed by atoms with Crippen molar-refractivity contribution in [3.8, 4) is 0 Å². The lowest BCUT2D eigenvalue weighted by atomic mass is 10.0. The number of nitrogens with one attached hydrogen (secondary N) is 2. The van der Waals surface area contributed by atoms with Crippen molar-refractivity contribution in [1.29, 1.82) is 0 Å². The Balaban J connectivity index is 1.51. The molecule has 2 aromatic rings. The van der Waals surface area contributed by atoms with Crippen molar-refractivity contribution >= 4 is 29.7 Å². The van der Waals surface area contributed by atoms with Crippen LogP contribution in [0.25, 0.3) is 0 Å². The summed E-state index contributed by atoms with van der Waals surface area (Å²) < 4.78 is 15.8. The average molecular weight is 553 g/mol. The number of unbranched alkanes of at least 4 members (excludes halogenated alkanes) is 1. The zero-order valence-corrected chi connectivity index (χ0v) is 22.6. The van der Waals surface area contributed by atoms with Crippen LogP contribution in [0.4, 0.5) is 4.79 Å². The number of alkyl carbamates (subject to hydrolysis) is 1. The van der Waals surface area contributed by atoms with Crippen molar-refractivity contribution in [2.24, 2.45) is 0 Å². The molecule has 1 fully saturated rings. The van der Waals surface area contributed by atoms with Crippen LogP contribution < -0.4 is 10.6 Å². The van der Waals surface area contributed by atoms with Crippen LogP contribution >= 0.6 is 0 Å². The molecule has 1 aliphatic rings. The number of hydrogen-bond acceptors (Lipinski definition) is 8. The fourth-order valence-electron chi connectivity index (χ4n) is 4.15. The van der Waals surface area contributed by atoms with Gasteiger partial charge in [0.15, 0.2) is 0 Å². The van der Waals surface area contributed by atoms with Gasteiger partial charge in [-0.2, -0.15) is 0 Å². The minimum absolute atomic E-state index is 0.00457. The summed E-state index contributed by atoms with van der Waals surface area (Å²) in [7, 11) is 0. The molecule has 214 valence electrons. The summed E-state index contributed by atoms with van der Waals surface area (Å²) in [6.45, 7) is 1.99. The highest BCUT2D eigenvalue weighted by molar-refractivity contribution is 5.87. The molecule has 1 aliphatic heterocycles. The van der Waals surface area contributed by atoms with Gasteiger partial charge in [0.2, 0.25) is 5.91 Å². The highest BCUT2D eigenvalue weighted by Crippen LogP contribution is 2.20. The number of carbonyl (C=O) groups is 5. The third-order valence-corrected chi connectivity index (χ3v) is 6.34. The first kappa shape index (κ1) is 30.3. The number of Topliss-reactive ketones (excluding diaryl/α,β-unsaturated/α-hetero) is 1. The highest BCUT2D eigenvalue weighted by Gasteiger charge is 2.36. The lowest BCUT2D eigenvalue weighted by Gasteiger charge is -2.18. The summed E-state index contributed by atoms with van der Waals surface area (Å²) in [6, 6.07) is 16.1. The molecule has 10 heteroatoms. The number of cyclic esters (lactones) is 1. The molecule has 40 heavy (non-hydrogen) atoms. The number of esters is 2. The molecule has 10 nitrogen and oxygen atoms in total. The van der Waals surface area contributed by atoms with Gasteiger partial charge in [0.1, 0.15) is 37.2 Å². The number of benzene rings is 2. The van der Waals surface area contributed by atoms with Crippen LogP contribution in [0.3, 0.4) is 0 Å². The molecule has 1 saturated heterocycles. The van der Waals surface area contributed by atoms with E-state index in [9.17, 15) is 24.0 Å². The third-order valence-electron chi connectivity index (χ3n) is 6.34. The second-order valence-corrected chi connectivity index (χ2v) is 9.65. The Morgan fingerprint density at radius 2 is 1.55 bits per heavy atom. The molecule has 0 aliphatic carbocycles. The number of hydrogen-bond donors (Lipinski definition) is 2. The average Bonchev–Trinajstić information content (AvgIpc) is 3.30. The van der Waals surface area contributed by atoms with Gasteiger partial charge in [-0.3, -0.25) is 9.59 Å². The first-order valence-corrected chi connectivity index (χ1v) is 13.5. The second-order valence-electron chi connectivity index (χ2n) is 9.65. The second kappa shape index (κ2) is 16.0. The van der Waals surface area contributed by atoms with Crippen LogP contribution in [0.15, 0.2) is 60.7 Å². The summed E-state index contributed by atoms with van der Waals surface area (Å²) in [5.74, 6) is -1.80. The standard InChI is InChI=1S/C30H36N2O8/c1-2-3-14-23(33)17-24-18-26(29(36)40-24)31-27(34)16-15-25(28(35)38-19-21-10-6-4-7-11-21)32-30(37)39-20-22-12-8-5-9-13-22/h4-13,24-26H,2-3,14-20H2,1H3,(H,31,34)(H,32,37)/t24?,25-,26-/m0/s1. The Labute approximate surface area is 233 Å². The molecule has 2 aromatic carbocycles. The Hall–Kier alpha value is -4.21. The van der Waals surface area contributed by atoms with Crippen LogP contribution in [0, 0.1) is 0 Å². The minimum atomic E-state index is -1.16. The number of carbonyl (C=O) groups excluding carboxylic acids is 5. The van der Waals surface area contributed by atoms with E-state index in [1.807, 2.05) is 43.3 Å². The maximum absolute atomic E-state index is 12.8. The van der Waals surface area contributed by atoms with E-state index in [4.69, 9.17) is 14.2 Å². The fourth-order valence-corrected chi connectivity index (χ4v) is 4.15. The van der Waals surface area contributed by atoms with Gasteiger partial charge in [0, 0.05) is 25.7 Å². The minimum Gasteiger partial charge on any atom is -0.460 e. The van der Waals surface area contributed by atoms with Crippen LogP contribution in [0.1, 0.15) is 63.0 Å². The molecule has 2 N–H and O–H groups in total. The van der Waals surface area contributed by atoms with E-state index in [0.717, 1.165) is 24.0 Å². The summed E-state index contributed by atoms with van der Waals surface area (Å²) >= 11 is 0. The monoisotopic (exact) mass is 552 g/mol. The lowest BCUT2D eigenvalue weighted by Crippen LogP contribution is -2.44. The number of rotatable bonds is 15. The van der Waals surface area contributed by atoms with Crippen molar-refractivity contribution < 1.29 is 38.2 Å². The van der Waals surface area contributed by atoms with Gasteiger partial charge in [-0.1, -0.05) is 74.0 Å². The molecular formula is C30H36N2O8. The molecule has 1 heterocycles. The van der Waals surface area contributed by atoms with Crippen LogP contribution in [0.2, 0.25) is 0 Å². The van der Waals surface area contributed by atoms with Crippen molar-refractivity contribution in [2.45, 2.75) is 83.3 Å².